The summed E-state index contributed by atoms with van der Waals surface area (Å²) >= 11 is 0. The van der Waals surface area contributed by atoms with Crippen LogP contribution >= 0.6 is 0 Å². The third-order valence-electron chi connectivity index (χ3n) is 5.23. The van der Waals surface area contributed by atoms with Crippen molar-refractivity contribution >= 4 is 11.8 Å². The van der Waals surface area contributed by atoms with Gasteiger partial charge < -0.3 is 20.0 Å². The van der Waals surface area contributed by atoms with E-state index in [-0.39, 0.29) is 24.9 Å². The molecule has 2 rings (SSSR count). The fourth-order valence-corrected chi connectivity index (χ4v) is 3.89. The van der Waals surface area contributed by atoms with E-state index >= 15 is 0 Å². The quantitative estimate of drug-likeness (QED) is 0.755. The molecule has 0 bridgehead atoms. The van der Waals surface area contributed by atoms with Gasteiger partial charge in [-0.15, -0.1) is 0 Å². The van der Waals surface area contributed by atoms with Crippen molar-refractivity contribution in [3.63, 3.8) is 0 Å². The second kappa shape index (κ2) is 7.18. The van der Waals surface area contributed by atoms with Gasteiger partial charge in [0.15, 0.2) is 5.60 Å². The van der Waals surface area contributed by atoms with E-state index in [0.29, 0.717) is 32.2 Å². The molecule has 0 aromatic carbocycles. The lowest BCUT2D eigenvalue weighted by Gasteiger charge is -2.41. The molecule has 1 saturated carbocycles. The van der Waals surface area contributed by atoms with Crippen LogP contribution in [0.15, 0.2) is 0 Å². The number of β-amino-alcohol motifs (C(OH)–C–C–N with tert-alkyl or cyclic N) is 1. The molecule has 1 atom stereocenters. The maximum atomic E-state index is 12.7. The van der Waals surface area contributed by atoms with E-state index in [9.17, 15) is 19.8 Å². The zero-order valence-electron chi connectivity index (χ0n) is 14.4. The summed E-state index contributed by atoms with van der Waals surface area (Å²) in [5.41, 5.74) is -2.38. The van der Waals surface area contributed by atoms with Crippen molar-refractivity contribution in [2.45, 2.75) is 69.5 Å². The van der Waals surface area contributed by atoms with Crippen LogP contribution in [0.3, 0.4) is 0 Å². The van der Waals surface area contributed by atoms with Crippen molar-refractivity contribution in [3.8, 4) is 0 Å². The summed E-state index contributed by atoms with van der Waals surface area (Å²) in [6.45, 7) is 2.32. The zero-order valence-corrected chi connectivity index (χ0v) is 14.4. The van der Waals surface area contributed by atoms with Crippen molar-refractivity contribution in [1.29, 1.82) is 0 Å². The highest BCUT2D eigenvalue weighted by molar-refractivity contribution is 5.86. The number of piperidine rings is 1. The molecule has 0 spiro atoms. The predicted octanol–water partition coefficient (Wildman–Crippen LogP) is 0.903. The Balaban J connectivity index is 2.01. The number of likely N-dealkylation sites (tertiary alicyclic amines) is 1. The third kappa shape index (κ3) is 4.44. The Morgan fingerprint density at radius 1 is 1.04 bits per heavy atom. The topological polar surface area (TPSA) is 81.1 Å². The standard InChI is InChI=1S/C17H30N2O4/c1-14(20)19-11-7-10-17(23,13-19)15(21)18(2)12-16(22)8-5-3-4-6-9-16/h22-23H,3-13H2,1-2H3/t17-/m1/s1. The van der Waals surface area contributed by atoms with Crippen molar-refractivity contribution in [3.05, 3.63) is 0 Å². The minimum absolute atomic E-state index is 0.0456. The minimum atomic E-state index is -1.53. The number of aliphatic hydroxyl groups is 2. The van der Waals surface area contributed by atoms with Crippen LogP contribution in [-0.4, -0.2) is 69.7 Å². The fourth-order valence-electron chi connectivity index (χ4n) is 3.89. The van der Waals surface area contributed by atoms with Crippen LogP contribution in [0.2, 0.25) is 0 Å². The first kappa shape index (κ1) is 18.2. The van der Waals surface area contributed by atoms with Gasteiger partial charge in [-0.2, -0.15) is 0 Å². The summed E-state index contributed by atoms with van der Waals surface area (Å²) < 4.78 is 0. The summed E-state index contributed by atoms with van der Waals surface area (Å²) in [5, 5.41) is 21.5. The molecule has 1 saturated heterocycles. The third-order valence-corrected chi connectivity index (χ3v) is 5.23. The molecular formula is C17H30N2O4. The lowest BCUT2D eigenvalue weighted by Crippen LogP contribution is -2.59. The van der Waals surface area contributed by atoms with Crippen LogP contribution in [0.1, 0.15) is 58.3 Å². The molecule has 0 radical (unpaired) electrons. The molecule has 6 nitrogen and oxygen atoms in total. The Kier molecular flexibility index (Phi) is 5.68. The number of carbonyl (C=O) groups excluding carboxylic acids is 2. The first-order valence-electron chi connectivity index (χ1n) is 8.72. The van der Waals surface area contributed by atoms with Gasteiger partial charge in [-0.05, 0) is 25.7 Å². The largest absolute Gasteiger partial charge is 0.388 e. The van der Waals surface area contributed by atoms with Gasteiger partial charge in [0.05, 0.1) is 12.1 Å². The summed E-state index contributed by atoms with van der Waals surface area (Å²) in [6, 6.07) is 0. The Bertz CT molecular complexity index is 446. The molecule has 2 fully saturated rings. The lowest BCUT2D eigenvalue weighted by molar-refractivity contribution is -0.161. The molecule has 2 aliphatic rings. The van der Waals surface area contributed by atoms with Crippen LogP contribution in [0, 0.1) is 0 Å². The average molecular weight is 326 g/mol. The van der Waals surface area contributed by atoms with Gasteiger partial charge in [0.1, 0.15) is 0 Å². The number of hydrogen-bond acceptors (Lipinski definition) is 4. The molecule has 1 aliphatic carbocycles. The average Bonchev–Trinajstić information content (AvgIpc) is 2.71. The van der Waals surface area contributed by atoms with E-state index in [1.165, 1.54) is 16.7 Å². The van der Waals surface area contributed by atoms with Gasteiger partial charge in [-0.1, -0.05) is 25.7 Å². The van der Waals surface area contributed by atoms with Gasteiger partial charge in [0.25, 0.3) is 5.91 Å². The number of hydrogen-bond donors (Lipinski definition) is 2. The number of likely N-dealkylation sites (N-methyl/N-ethyl adjacent to an activating group) is 1. The Morgan fingerprint density at radius 2 is 1.65 bits per heavy atom. The molecule has 1 heterocycles. The Hall–Kier alpha value is -1.14. The normalized spacial score (nSPS) is 28.1. The number of nitrogens with zero attached hydrogens (tertiary/aromatic N) is 2. The molecule has 2 N–H and O–H groups in total. The van der Waals surface area contributed by atoms with Crippen molar-refractivity contribution in [1.82, 2.24) is 9.80 Å². The van der Waals surface area contributed by atoms with Gasteiger partial charge in [-0.3, -0.25) is 9.59 Å². The maximum absolute atomic E-state index is 12.7. The maximum Gasteiger partial charge on any atom is 0.256 e. The van der Waals surface area contributed by atoms with E-state index in [4.69, 9.17) is 0 Å². The van der Waals surface area contributed by atoms with E-state index < -0.39 is 11.2 Å². The van der Waals surface area contributed by atoms with Gasteiger partial charge >= 0.3 is 0 Å². The van der Waals surface area contributed by atoms with Crippen LogP contribution in [0.4, 0.5) is 0 Å². The number of amides is 2. The predicted molar refractivity (Wildman–Crippen MR) is 86.7 cm³/mol. The summed E-state index contributed by atoms with van der Waals surface area (Å²) in [6.07, 6.45) is 6.56. The van der Waals surface area contributed by atoms with Crippen molar-refractivity contribution < 1.29 is 19.8 Å². The SMILES string of the molecule is CC(=O)N1CCC[C@](O)(C(=O)N(C)CC2(O)CCCCCC2)C1. The first-order chi connectivity index (χ1) is 10.8. The second-order valence-electron chi connectivity index (χ2n) is 7.38. The van der Waals surface area contributed by atoms with E-state index in [1.54, 1.807) is 7.05 Å². The fraction of sp³-hybridized carbons (Fsp3) is 0.882. The minimum Gasteiger partial charge on any atom is -0.388 e. The zero-order chi connectivity index (χ0) is 17.1. The first-order valence-corrected chi connectivity index (χ1v) is 8.72. The highest BCUT2D eigenvalue weighted by Crippen LogP contribution is 2.29. The van der Waals surface area contributed by atoms with E-state index in [2.05, 4.69) is 0 Å². The molecule has 0 unspecified atom stereocenters. The molecule has 23 heavy (non-hydrogen) atoms. The van der Waals surface area contributed by atoms with Gasteiger partial charge in [0.2, 0.25) is 5.91 Å². The van der Waals surface area contributed by atoms with Crippen LogP contribution < -0.4 is 0 Å². The lowest BCUT2D eigenvalue weighted by atomic mass is 9.89. The highest BCUT2D eigenvalue weighted by atomic mass is 16.3. The van der Waals surface area contributed by atoms with E-state index in [0.717, 1.165) is 25.7 Å². The van der Waals surface area contributed by atoms with Gasteiger partial charge in [0, 0.05) is 27.1 Å². The molecular weight excluding hydrogens is 296 g/mol. The molecule has 0 aromatic rings. The molecule has 132 valence electrons. The summed E-state index contributed by atoms with van der Waals surface area (Å²) in [5.74, 6) is -0.512. The smallest absolute Gasteiger partial charge is 0.256 e. The molecule has 0 aromatic heterocycles. The van der Waals surface area contributed by atoms with Gasteiger partial charge in [-0.25, -0.2) is 0 Å². The Morgan fingerprint density at radius 3 is 2.22 bits per heavy atom. The van der Waals surface area contributed by atoms with Crippen LogP contribution in [0.5, 0.6) is 0 Å². The monoisotopic (exact) mass is 326 g/mol. The van der Waals surface area contributed by atoms with Crippen molar-refractivity contribution in [2.24, 2.45) is 0 Å². The van der Waals surface area contributed by atoms with Crippen LogP contribution in [0.25, 0.3) is 0 Å². The van der Waals surface area contributed by atoms with Crippen molar-refractivity contribution in [2.75, 3.05) is 26.7 Å². The van der Waals surface area contributed by atoms with E-state index in [1.807, 2.05) is 0 Å². The second-order valence-corrected chi connectivity index (χ2v) is 7.38. The highest BCUT2D eigenvalue weighted by Gasteiger charge is 2.44. The summed E-state index contributed by atoms with van der Waals surface area (Å²) in [7, 11) is 1.63. The molecule has 1 aliphatic heterocycles. The number of rotatable bonds is 3. The Labute approximate surface area is 138 Å². The summed E-state index contributed by atoms with van der Waals surface area (Å²) in [4.78, 5) is 27.2. The number of carbonyl (C=O) groups is 2. The van der Waals surface area contributed by atoms with Crippen LogP contribution in [-0.2, 0) is 9.59 Å². The molecule has 6 heteroatoms. The molecule has 2 amide bonds.